The van der Waals surface area contributed by atoms with Crippen molar-refractivity contribution in [3.8, 4) is 0 Å². The minimum Gasteiger partial charge on any atom is -0.359 e. The standard InChI is InChI=1S/C17H16F2N2/c1-11-20-17(15-8-7-13(18)9-16(15)19)14-6-4-3-5-12(14)10-21(11)2/h3-9,17H,10H2,1-2H3. The van der Waals surface area contributed by atoms with Crippen LogP contribution in [-0.2, 0) is 6.54 Å². The number of hydrogen-bond donors (Lipinski definition) is 0. The zero-order valence-electron chi connectivity index (χ0n) is 12.0. The highest BCUT2D eigenvalue weighted by atomic mass is 19.1. The Hall–Kier alpha value is -2.23. The molecule has 0 spiro atoms. The molecule has 0 radical (unpaired) electrons. The first kappa shape index (κ1) is 13.7. The largest absolute Gasteiger partial charge is 0.359 e. The quantitative estimate of drug-likeness (QED) is 0.776. The summed E-state index contributed by atoms with van der Waals surface area (Å²) in [6, 6.07) is 11.1. The van der Waals surface area contributed by atoms with Gasteiger partial charge in [-0.2, -0.15) is 0 Å². The minimum absolute atomic E-state index is 0.401. The molecule has 1 atom stereocenters. The maximum Gasteiger partial charge on any atom is 0.131 e. The summed E-state index contributed by atoms with van der Waals surface area (Å²) in [5.74, 6) is -0.299. The summed E-state index contributed by atoms with van der Waals surface area (Å²) < 4.78 is 27.3. The van der Waals surface area contributed by atoms with E-state index in [1.54, 1.807) is 0 Å². The van der Waals surface area contributed by atoms with E-state index in [2.05, 4.69) is 4.99 Å². The van der Waals surface area contributed by atoms with E-state index in [1.165, 1.54) is 12.1 Å². The first-order chi connectivity index (χ1) is 10.1. The van der Waals surface area contributed by atoms with Gasteiger partial charge in [-0.05, 0) is 24.1 Å². The monoisotopic (exact) mass is 286 g/mol. The lowest BCUT2D eigenvalue weighted by atomic mass is 9.94. The highest BCUT2D eigenvalue weighted by Crippen LogP contribution is 2.33. The highest BCUT2D eigenvalue weighted by Gasteiger charge is 2.24. The van der Waals surface area contributed by atoms with Gasteiger partial charge in [0, 0.05) is 25.2 Å². The molecular formula is C17H16F2N2. The maximum atomic E-state index is 14.2. The predicted octanol–water partition coefficient (Wildman–Crippen LogP) is 3.92. The summed E-state index contributed by atoms with van der Waals surface area (Å²) in [7, 11) is 1.96. The number of amidine groups is 1. The van der Waals surface area contributed by atoms with Crippen LogP contribution in [-0.4, -0.2) is 17.8 Å². The van der Waals surface area contributed by atoms with Gasteiger partial charge in [0.1, 0.15) is 17.7 Å². The maximum absolute atomic E-state index is 14.2. The van der Waals surface area contributed by atoms with Gasteiger partial charge in [0.25, 0.3) is 0 Å². The Morgan fingerprint density at radius 3 is 2.62 bits per heavy atom. The molecule has 21 heavy (non-hydrogen) atoms. The van der Waals surface area contributed by atoms with Crippen molar-refractivity contribution in [2.45, 2.75) is 19.5 Å². The van der Waals surface area contributed by atoms with E-state index >= 15 is 0 Å². The van der Waals surface area contributed by atoms with E-state index in [4.69, 9.17) is 0 Å². The Balaban J connectivity index is 2.19. The lowest BCUT2D eigenvalue weighted by Gasteiger charge is -2.16. The van der Waals surface area contributed by atoms with Crippen LogP contribution < -0.4 is 0 Å². The molecule has 2 nitrogen and oxygen atoms in total. The molecule has 0 saturated heterocycles. The van der Waals surface area contributed by atoms with E-state index in [-0.39, 0.29) is 0 Å². The number of nitrogens with zero attached hydrogens (tertiary/aromatic N) is 2. The number of fused-ring (bicyclic) bond motifs is 1. The number of aliphatic imine (C=N–C) groups is 1. The average molecular weight is 286 g/mol. The molecule has 108 valence electrons. The smallest absolute Gasteiger partial charge is 0.131 e. The molecule has 1 unspecified atom stereocenters. The Morgan fingerprint density at radius 1 is 1.10 bits per heavy atom. The van der Waals surface area contributed by atoms with Gasteiger partial charge in [0.05, 0.1) is 5.84 Å². The van der Waals surface area contributed by atoms with Crippen LogP contribution in [0.15, 0.2) is 47.5 Å². The van der Waals surface area contributed by atoms with Crippen LogP contribution in [0.3, 0.4) is 0 Å². The molecule has 0 saturated carbocycles. The summed E-state index contributed by atoms with van der Waals surface area (Å²) in [4.78, 5) is 6.67. The minimum atomic E-state index is -0.573. The highest BCUT2D eigenvalue weighted by molar-refractivity contribution is 5.80. The Kier molecular flexibility index (Phi) is 3.45. The van der Waals surface area contributed by atoms with Crippen LogP contribution in [0.1, 0.15) is 29.7 Å². The molecule has 0 amide bonds. The Bertz CT molecular complexity index is 710. The van der Waals surface area contributed by atoms with E-state index in [0.717, 1.165) is 29.6 Å². The Morgan fingerprint density at radius 2 is 1.86 bits per heavy atom. The van der Waals surface area contributed by atoms with Crippen molar-refractivity contribution in [1.29, 1.82) is 0 Å². The second-order valence-electron chi connectivity index (χ2n) is 5.30. The van der Waals surface area contributed by atoms with Crippen molar-refractivity contribution >= 4 is 5.84 Å². The van der Waals surface area contributed by atoms with Crippen LogP contribution in [0.2, 0.25) is 0 Å². The van der Waals surface area contributed by atoms with Gasteiger partial charge >= 0.3 is 0 Å². The van der Waals surface area contributed by atoms with Gasteiger partial charge in [-0.3, -0.25) is 4.99 Å². The van der Waals surface area contributed by atoms with E-state index in [9.17, 15) is 8.78 Å². The van der Waals surface area contributed by atoms with Crippen LogP contribution in [0, 0.1) is 11.6 Å². The molecule has 4 heteroatoms. The van der Waals surface area contributed by atoms with Gasteiger partial charge in [0.15, 0.2) is 0 Å². The molecule has 0 aromatic heterocycles. The molecule has 2 aromatic carbocycles. The van der Waals surface area contributed by atoms with E-state index in [1.807, 2.05) is 43.1 Å². The normalized spacial score (nSPS) is 18.0. The van der Waals surface area contributed by atoms with E-state index in [0.29, 0.717) is 5.56 Å². The third kappa shape index (κ3) is 2.53. The van der Waals surface area contributed by atoms with Crippen LogP contribution in [0.4, 0.5) is 8.78 Å². The molecule has 1 heterocycles. The van der Waals surface area contributed by atoms with Gasteiger partial charge < -0.3 is 4.90 Å². The van der Waals surface area contributed by atoms with Crippen molar-refractivity contribution in [3.05, 3.63) is 70.8 Å². The van der Waals surface area contributed by atoms with Gasteiger partial charge in [-0.25, -0.2) is 8.78 Å². The lowest BCUT2D eigenvalue weighted by Crippen LogP contribution is -2.22. The number of halogens is 2. The summed E-state index contributed by atoms with van der Waals surface area (Å²) in [6.45, 7) is 2.63. The SMILES string of the molecule is CC1=NC(c2ccc(F)cc2F)c2ccccc2CN1C. The fraction of sp³-hybridized carbons (Fsp3) is 0.235. The van der Waals surface area contributed by atoms with Gasteiger partial charge in [-0.1, -0.05) is 30.3 Å². The first-order valence-electron chi connectivity index (χ1n) is 6.84. The molecular weight excluding hydrogens is 270 g/mol. The van der Waals surface area contributed by atoms with Crippen molar-refractivity contribution in [2.24, 2.45) is 4.99 Å². The molecule has 3 rings (SSSR count). The molecule has 0 bridgehead atoms. The molecule has 1 aliphatic rings. The topological polar surface area (TPSA) is 15.6 Å². The van der Waals surface area contributed by atoms with Gasteiger partial charge in [-0.15, -0.1) is 0 Å². The predicted molar refractivity (Wildman–Crippen MR) is 79.2 cm³/mol. The fourth-order valence-corrected chi connectivity index (χ4v) is 2.63. The summed E-state index contributed by atoms with van der Waals surface area (Å²) in [6.07, 6.45) is 0. The first-order valence-corrected chi connectivity index (χ1v) is 6.84. The third-order valence-corrected chi connectivity index (χ3v) is 3.88. The second-order valence-corrected chi connectivity index (χ2v) is 5.30. The summed E-state index contributed by atoms with van der Waals surface area (Å²) in [5.41, 5.74) is 2.47. The van der Waals surface area contributed by atoms with Crippen molar-refractivity contribution in [3.63, 3.8) is 0 Å². The zero-order valence-corrected chi connectivity index (χ0v) is 12.0. The summed E-state index contributed by atoms with van der Waals surface area (Å²) >= 11 is 0. The lowest BCUT2D eigenvalue weighted by molar-refractivity contribution is 0.500. The molecule has 1 aliphatic heterocycles. The van der Waals surface area contributed by atoms with Crippen LogP contribution in [0.25, 0.3) is 0 Å². The molecule has 0 N–H and O–H groups in total. The van der Waals surface area contributed by atoms with Gasteiger partial charge in [0.2, 0.25) is 0 Å². The van der Waals surface area contributed by atoms with Crippen LogP contribution >= 0.6 is 0 Å². The third-order valence-electron chi connectivity index (χ3n) is 3.88. The molecule has 0 aliphatic carbocycles. The molecule has 0 fully saturated rings. The number of benzene rings is 2. The number of hydrogen-bond acceptors (Lipinski definition) is 2. The fourth-order valence-electron chi connectivity index (χ4n) is 2.63. The van der Waals surface area contributed by atoms with E-state index < -0.39 is 17.7 Å². The second kappa shape index (κ2) is 5.28. The number of rotatable bonds is 1. The average Bonchev–Trinajstić information content (AvgIpc) is 2.57. The van der Waals surface area contributed by atoms with Crippen molar-refractivity contribution in [1.82, 2.24) is 4.90 Å². The molecule has 2 aromatic rings. The van der Waals surface area contributed by atoms with Crippen molar-refractivity contribution in [2.75, 3.05) is 7.05 Å². The Labute approximate surface area is 122 Å². The van der Waals surface area contributed by atoms with Crippen LogP contribution in [0.5, 0.6) is 0 Å². The van der Waals surface area contributed by atoms with Crippen molar-refractivity contribution < 1.29 is 8.78 Å². The summed E-state index contributed by atoms with van der Waals surface area (Å²) in [5, 5.41) is 0. The zero-order chi connectivity index (χ0) is 15.0.